The highest BCUT2D eigenvalue weighted by molar-refractivity contribution is 5.98. The maximum atomic E-state index is 13.5. The van der Waals surface area contributed by atoms with E-state index in [9.17, 15) is 14.4 Å². The molecule has 33 heavy (non-hydrogen) atoms. The summed E-state index contributed by atoms with van der Waals surface area (Å²) in [6.45, 7) is 0.918. The molecule has 0 bridgehead atoms. The van der Waals surface area contributed by atoms with E-state index in [-0.39, 0.29) is 36.3 Å². The van der Waals surface area contributed by atoms with E-state index < -0.39 is 6.04 Å². The molecule has 3 amide bonds. The van der Waals surface area contributed by atoms with Gasteiger partial charge in [0.1, 0.15) is 11.8 Å². The second kappa shape index (κ2) is 9.99. The van der Waals surface area contributed by atoms with Gasteiger partial charge >= 0.3 is 0 Å². The van der Waals surface area contributed by atoms with Crippen LogP contribution in [0.3, 0.4) is 0 Å². The van der Waals surface area contributed by atoms with Crippen LogP contribution in [0.5, 0.6) is 5.75 Å². The third-order valence-corrected chi connectivity index (χ3v) is 6.10. The number of aromatic nitrogens is 1. The predicted octanol–water partition coefficient (Wildman–Crippen LogP) is 1.05. The van der Waals surface area contributed by atoms with Crippen molar-refractivity contribution in [3.8, 4) is 5.75 Å². The molecule has 174 valence electrons. The second-order valence-electron chi connectivity index (χ2n) is 8.36. The minimum absolute atomic E-state index is 0.0954. The molecular weight excluding hydrogens is 422 g/mol. The van der Waals surface area contributed by atoms with E-state index in [0.29, 0.717) is 36.4 Å². The van der Waals surface area contributed by atoms with Crippen LogP contribution < -0.4 is 15.8 Å². The summed E-state index contributed by atoms with van der Waals surface area (Å²) in [4.78, 5) is 47.1. The van der Waals surface area contributed by atoms with E-state index in [1.165, 1.54) is 6.20 Å². The number of methoxy groups -OCH3 is 1. The molecule has 1 saturated heterocycles. The van der Waals surface area contributed by atoms with E-state index in [0.717, 1.165) is 12.8 Å². The van der Waals surface area contributed by atoms with E-state index >= 15 is 0 Å². The quantitative estimate of drug-likeness (QED) is 0.620. The van der Waals surface area contributed by atoms with Gasteiger partial charge in [-0.15, -0.1) is 0 Å². The highest BCUT2D eigenvalue weighted by atomic mass is 16.5. The Morgan fingerprint density at radius 2 is 1.91 bits per heavy atom. The number of nitrogens with one attached hydrogen (secondary N) is 1. The summed E-state index contributed by atoms with van der Waals surface area (Å²) in [6.07, 6.45) is 5.29. The number of carbonyl (C=O) groups excluding carboxylic acids is 3. The van der Waals surface area contributed by atoms with Crippen LogP contribution in [0.4, 0.5) is 0 Å². The lowest BCUT2D eigenvalue weighted by atomic mass is 10.1. The minimum Gasteiger partial charge on any atom is -0.497 e. The number of likely N-dealkylation sites (tertiary alicyclic amines) is 1. The topological polar surface area (TPSA) is 118 Å². The number of carbonyl (C=O) groups is 3. The zero-order valence-electron chi connectivity index (χ0n) is 18.6. The van der Waals surface area contributed by atoms with Crippen molar-refractivity contribution < 1.29 is 19.1 Å². The Hall–Kier alpha value is -3.46. The van der Waals surface area contributed by atoms with Gasteiger partial charge in [0.15, 0.2) is 0 Å². The molecule has 3 N–H and O–H groups in total. The van der Waals surface area contributed by atoms with Crippen LogP contribution in [0.15, 0.2) is 48.8 Å². The molecule has 2 heterocycles. The van der Waals surface area contributed by atoms with Crippen LogP contribution >= 0.6 is 0 Å². The van der Waals surface area contributed by atoms with Gasteiger partial charge in [0.2, 0.25) is 5.91 Å². The number of amides is 3. The molecular formula is C24H29N5O4. The average molecular weight is 452 g/mol. The van der Waals surface area contributed by atoms with Gasteiger partial charge in [-0.25, -0.2) is 0 Å². The third-order valence-electron chi connectivity index (χ3n) is 6.10. The molecule has 2 aromatic rings. The number of pyridine rings is 1. The molecule has 2 unspecified atom stereocenters. The van der Waals surface area contributed by atoms with Gasteiger partial charge in [-0.05, 0) is 55.7 Å². The highest BCUT2D eigenvalue weighted by Gasteiger charge is 2.47. The van der Waals surface area contributed by atoms with Crippen LogP contribution in [0.2, 0.25) is 0 Å². The maximum absolute atomic E-state index is 13.5. The third kappa shape index (κ3) is 4.98. The minimum atomic E-state index is -0.681. The number of nitrogens with zero attached hydrogens (tertiary/aromatic N) is 3. The first-order valence-electron chi connectivity index (χ1n) is 11.2. The molecule has 9 heteroatoms. The zero-order valence-corrected chi connectivity index (χ0v) is 18.6. The molecule has 2 atom stereocenters. The average Bonchev–Trinajstić information content (AvgIpc) is 3.60. The first-order valence-corrected chi connectivity index (χ1v) is 11.2. The fourth-order valence-corrected chi connectivity index (χ4v) is 4.32. The summed E-state index contributed by atoms with van der Waals surface area (Å²) in [6, 6.07) is 9.55. The first-order chi connectivity index (χ1) is 16.0. The van der Waals surface area contributed by atoms with Crippen molar-refractivity contribution in [1.82, 2.24) is 20.1 Å². The summed E-state index contributed by atoms with van der Waals surface area (Å²) in [7, 11) is 1.58. The van der Waals surface area contributed by atoms with E-state index in [2.05, 4.69) is 10.3 Å². The number of hydrogen-bond acceptors (Lipinski definition) is 6. The van der Waals surface area contributed by atoms with Crippen LogP contribution in [-0.2, 0) is 4.79 Å². The molecule has 1 saturated carbocycles. The first kappa shape index (κ1) is 22.7. The maximum Gasteiger partial charge on any atom is 0.256 e. The van der Waals surface area contributed by atoms with Crippen molar-refractivity contribution in [2.45, 2.75) is 37.4 Å². The van der Waals surface area contributed by atoms with Crippen LogP contribution in [0.1, 0.15) is 40.0 Å². The molecule has 0 spiro atoms. The Morgan fingerprint density at radius 3 is 2.52 bits per heavy atom. The molecule has 9 nitrogen and oxygen atoms in total. The van der Waals surface area contributed by atoms with Crippen LogP contribution in [-0.4, -0.2) is 77.4 Å². The lowest BCUT2D eigenvalue weighted by Crippen LogP contribution is -2.47. The van der Waals surface area contributed by atoms with Gasteiger partial charge in [0.05, 0.1) is 18.7 Å². The van der Waals surface area contributed by atoms with Gasteiger partial charge in [-0.1, -0.05) is 0 Å². The molecule has 4 rings (SSSR count). The smallest absolute Gasteiger partial charge is 0.256 e. The fraction of sp³-hybridized carbons (Fsp3) is 0.417. The van der Waals surface area contributed by atoms with Gasteiger partial charge < -0.3 is 25.6 Å². The van der Waals surface area contributed by atoms with E-state index in [1.54, 1.807) is 54.6 Å². The van der Waals surface area contributed by atoms with Crippen LogP contribution in [0, 0.1) is 0 Å². The molecule has 1 aliphatic heterocycles. The van der Waals surface area contributed by atoms with E-state index in [4.69, 9.17) is 10.5 Å². The van der Waals surface area contributed by atoms with Gasteiger partial charge in [0, 0.05) is 43.6 Å². The van der Waals surface area contributed by atoms with Crippen molar-refractivity contribution in [2.24, 2.45) is 5.73 Å². The Morgan fingerprint density at radius 1 is 1.15 bits per heavy atom. The summed E-state index contributed by atoms with van der Waals surface area (Å²) in [5, 5.41) is 2.80. The van der Waals surface area contributed by atoms with Gasteiger partial charge in [-0.2, -0.15) is 0 Å². The Balaban J connectivity index is 1.59. The standard InChI is InChI=1S/C24H29N5O4/c1-33-20-8-4-16(5-9-20)24(32)29(18-6-7-18)19-13-21(22(30)27-12-10-25)28(15-19)23(31)17-3-2-11-26-14-17/h2-5,8-9,11,14,18-19,21H,6-7,10,12-13,15,25H2,1H3,(H,27,30). The fourth-order valence-electron chi connectivity index (χ4n) is 4.32. The number of nitrogens with two attached hydrogens (primary N) is 1. The molecule has 1 aromatic heterocycles. The largest absolute Gasteiger partial charge is 0.497 e. The summed E-state index contributed by atoms with van der Waals surface area (Å²) in [5.41, 5.74) is 6.51. The number of rotatable bonds is 8. The Kier molecular flexibility index (Phi) is 6.88. The molecule has 1 aliphatic carbocycles. The van der Waals surface area contributed by atoms with Crippen molar-refractivity contribution in [3.63, 3.8) is 0 Å². The van der Waals surface area contributed by atoms with E-state index in [1.807, 2.05) is 4.90 Å². The molecule has 2 aliphatic rings. The number of benzene rings is 1. The van der Waals surface area contributed by atoms with Gasteiger partial charge in [-0.3, -0.25) is 19.4 Å². The van der Waals surface area contributed by atoms with Gasteiger partial charge in [0.25, 0.3) is 11.8 Å². The van der Waals surface area contributed by atoms with Crippen molar-refractivity contribution in [1.29, 1.82) is 0 Å². The number of hydrogen-bond donors (Lipinski definition) is 2. The highest BCUT2D eigenvalue weighted by Crippen LogP contribution is 2.35. The molecule has 2 fully saturated rings. The lowest BCUT2D eigenvalue weighted by Gasteiger charge is -2.29. The normalized spacial score (nSPS) is 19.8. The zero-order chi connectivity index (χ0) is 23.4. The second-order valence-corrected chi connectivity index (χ2v) is 8.36. The lowest BCUT2D eigenvalue weighted by molar-refractivity contribution is -0.124. The SMILES string of the molecule is COc1ccc(C(=O)N(C2CC2)C2CC(C(=O)NCCN)N(C(=O)c3cccnc3)C2)cc1. The van der Waals surface area contributed by atoms with Crippen molar-refractivity contribution in [3.05, 3.63) is 59.9 Å². The van der Waals surface area contributed by atoms with Crippen molar-refractivity contribution in [2.75, 3.05) is 26.7 Å². The Labute approximate surface area is 192 Å². The summed E-state index contributed by atoms with van der Waals surface area (Å²) in [5.74, 6) is 0.0520. The molecule has 1 aromatic carbocycles. The molecule has 0 radical (unpaired) electrons. The summed E-state index contributed by atoms with van der Waals surface area (Å²) < 4.78 is 5.20. The van der Waals surface area contributed by atoms with Crippen molar-refractivity contribution >= 4 is 17.7 Å². The predicted molar refractivity (Wildman–Crippen MR) is 122 cm³/mol. The monoisotopic (exact) mass is 451 g/mol. The summed E-state index contributed by atoms with van der Waals surface area (Å²) >= 11 is 0. The Bertz CT molecular complexity index is 994. The van der Waals surface area contributed by atoms with Crippen LogP contribution in [0.25, 0.3) is 0 Å². The number of ether oxygens (including phenoxy) is 1.